The van der Waals surface area contributed by atoms with Crippen LogP contribution in [0.5, 0.6) is 11.5 Å². The van der Waals surface area contributed by atoms with Crippen molar-refractivity contribution < 1.29 is 9.47 Å². The third-order valence-corrected chi connectivity index (χ3v) is 7.02. The van der Waals surface area contributed by atoms with Gasteiger partial charge in [-0.15, -0.1) is 0 Å². The molecule has 0 fully saturated rings. The lowest BCUT2D eigenvalue weighted by Crippen LogP contribution is -2.45. The molecule has 7 rings (SSSR count). The lowest BCUT2D eigenvalue weighted by molar-refractivity contribution is -0.0404. The van der Waals surface area contributed by atoms with E-state index in [0.717, 1.165) is 50.1 Å². The Bertz CT molecular complexity index is 1660. The predicted octanol–water partition coefficient (Wildman–Crippen LogP) is 8.01. The normalized spacial score (nSPS) is 18.5. The molecule has 2 heterocycles. The maximum absolute atomic E-state index is 6.84. The molecule has 0 saturated heterocycles. The Morgan fingerprint density at radius 3 is 2.12 bits per heavy atom. The van der Waals surface area contributed by atoms with Crippen LogP contribution in [0.4, 0.5) is 0 Å². The fourth-order valence-electron chi connectivity index (χ4n) is 5.31. The van der Waals surface area contributed by atoms with E-state index in [-0.39, 0.29) is 0 Å². The first-order chi connectivity index (χ1) is 16.7. The fourth-order valence-corrected chi connectivity index (χ4v) is 5.31. The first kappa shape index (κ1) is 19.2. The predicted molar refractivity (Wildman–Crippen MR) is 139 cm³/mol. The summed E-state index contributed by atoms with van der Waals surface area (Å²) in [6, 6.07) is 35.8. The van der Waals surface area contributed by atoms with Crippen molar-refractivity contribution >= 4 is 33.2 Å². The molecule has 1 atom stereocenters. The number of ether oxygens (including phenoxy) is 2. The maximum atomic E-state index is 6.84. The van der Waals surface area contributed by atoms with Gasteiger partial charge in [0.15, 0.2) is 0 Å². The van der Waals surface area contributed by atoms with Crippen molar-refractivity contribution in [2.75, 3.05) is 0 Å². The number of hydrogen-bond acceptors (Lipinski definition) is 2. The van der Waals surface area contributed by atoms with Crippen LogP contribution in [-0.2, 0) is 0 Å². The highest BCUT2D eigenvalue weighted by atomic mass is 16.7. The van der Waals surface area contributed by atoms with E-state index in [4.69, 9.17) is 9.47 Å². The minimum Gasteiger partial charge on any atom is -0.444 e. The van der Waals surface area contributed by atoms with Crippen LogP contribution in [0.2, 0.25) is 0 Å². The molecule has 0 N–H and O–H groups in total. The zero-order chi connectivity index (χ0) is 22.7. The average Bonchev–Trinajstić information content (AvgIpc) is 2.90. The van der Waals surface area contributed by atoms with Crippen molar-refractivity contribution in [1.82, 2.24) is 0 Å². The molecular weight excluding hydrogens is 416 g/mol. The molecule has 2 heteroatoms. The number of fused-ring (bicyclic) bond motifs is 6. The smallest absolute Gasteiger partial charge is 0.295 e. The molecule has 0 aromatic heterocycles. The van der Waals surface area contributed by atoms with E-state index in [9.17, 15) is 0 Å². The van der Waals surface area contributed by atoms with Crippen LogP contribution < -0.4 is 9.47 Å². The summed E-state index contributed by atoms with van der Waals surface area (Å²) < 4.78 is 13.6. The van der Waals surface area contributed by atoms with Gasteiger partial charge in [0.05, 0.1) is 0 Å². The molecule has 5 aromatic rings. The van der Waals surface area contributed by atoms with Crippen molar-refractivity contribution in [2.45, 2.75) is 12.7 Å². The molecule has 0 bridgehead atoms. The Hall–Kier alpha value is -4.30. The standard InChI is InChI=1S/C32H22O2/c1-21-30(24-11-3-2-4-12-24)28-17-15-23-10-6-8-14-26(23)31(28)34-32(21)20-19-27-25-13-7-5-9-22(25)16-18-29(27)33-32/h2-20H,1H3. The van der Waals surface area contributed by atoms with Gasteiger partial charge in [-0.3, -0.25) is 0 Å². The molecule has 1 unspecified atom stereocenters. The molecule has 2 aliphatic heterocycles. The summed E-state index contributed by atoms with van der Waals surface area (Å²) in [4.78, 5) is 0. The van der Waals surface area contributed by atoms with Gasteiger partial charge < -0.3 is 9.47 Å². The first-order valence-electron chi connectivity index (χ1n) is 11.6. The minimum atomic E-state index is -1.02. The highest BCUT2D eigenvalue weighted by Gasteiger charge is 2.44. The van der Waals surface area contributed by atoms with E-state index in [1.807, 2.05) is 6.07 Å². The van der Waals surface area contributed by atoms with E-state index in [0.29, 0.717) is 0 Å². The lowest BCUT2D eigenvalue weighted by Gasteiger charge is -2.41. The van der Waals surface area contributed by atoms with Crippen LogP contribution in [0.1, 0.15) is 23.6 Å². The zero-order valence-electron chi connectivity index (χ0n) is 18.8. The number of benzene rings is 5. The van der Waals surface area contributed by atoms with Crippen molar-refractivity contribution in [1.29, 1.82) is 0 Å². The summed E-state index contributed by atoms with van der Waals surface area (Å²) in [6.45, 7) is 2.12. The largest absolute Gasteiger partial charge is 0.444 e. The Morgan fingerprint density at radius 1 is 0.618 bits per heavy atom. The Balaban J connectivity index is 1.50. The highest BCUT2D eigenvalue weighted by molar-refractivity contribution is 5.99. The fraction of sp³-hybridized carbons (Fsp3) is 0.0625. The van der Waals surface area contributed by atoms with Crippen molar-refractivity contribution in [3.63, 3.8) is 0 Å². The molecule has 0 radical (unpaired) electrons. The zero-order valence-corrected chi connectivity index (χ0v) is 18.8. The molecule has 0 saturated carbocycles. The topological polar surface area (TPSA) is 18.5 Å². The Labute approximate surface area is 198 Å². The van der Waals surface area contributed by atoms with E-state index >= 15 is 0 Å². The van der Waals surface area contributed by atoms with Crippen LogP contribution in [0.15, 0.2) is 115 Å². The van der Waals surface area contributed by atoms with Gasteiger partial charge in [0.2, 0.25) is 0 Å². The second kappa shape index (κ2) is 7.10. The van der Waals surface area contributed by atoms with E-state index < -0.39 is 5.79 Å². The summed E-state index contributed by atoms with van der Waals surface area (Å²) in [7, 11) is 0. The summed E-state index contributed by atoms with van der Waals surface area (Å²) in [6.07, 6.45) is 4.23. The maximum Gasteiger partial charge on any atom is 0.295 e. The Morgan fingerprint density at radius 2 is 1.29 bits per heavy atom. The van der Waals surface area contributed by atoms with Crippen molar-refractivity contribution in [2.24, 2.45) is 0 Å². The molecule has 0 aliphatic carbocycles. The molecule has 162 valence electrons. The molecule has 5 aromatic carbocycles. The van der Waals surface area contributed by atoms with Gasteiger partial charge in [-0.1, -0.05) is 91.0 Å². The van der Waals surface area contributed by atoms with Gasteiger partial charge >= 0.3 is 0 Å². The third kappa shape index (κ3) is 2.69. The van der Waals surface area contributed by atoms with Gasteiger partial charge in [0.1, 0.15) is 11.5 Å². The first-order valence-corrected chi connectivity index (χ1v) is 11.6. The highest BCUT2D eigenvalue weighted by Crippen LogP contribution is 2.50. The van der Waals surface area contributed by atoms with E-state index in [1.54, 1.807) is 0 Å². The Kier molecular flexibility index (Phi) is 4.01. The number of hydrogen-bond donors (Lipinski definition) is 0. The van der Waals surface area contributed by atoms with Gasteiger partial charge in [-0.05, 0) is 52.4 Å². The second-order valence-electron chi connectivity index (χ2n) is 8.93. The molecular formula is C32H22O2. The van der Waals surface area contributed by atoms with E-state index in [2.05, 4.69) is 116 Å². The third-order valence-electron chi connectivity index (χ3n) is 7.02. The molecule has 2 aliphatic rings. The summed E-state index contributed by atoms with van der Waals surface area (Å²) in [5, 5.41) is 4.61. The van der Waals surface area contributed by atoms with Gasteiger partial charge in [0, 0.05) is 28.2 Å². The van der Waals surface area contributed by atoms with Gasteiger partial charge in [-0.2, -0.15) is 0 Å². The van der Waals surface area contributed by atoms with Gasteiger partial charge in [0.25, 0.3) is 5.79 Å². The lowest BCUT2D eigenvalue weighted by atomic mass is 9.84. The number of rotatable bonds is 1. The molecule has 1 spiro atoms. The van der Waals surface area contributed by atoms with Crippen molar-refractivity contribution in [3.05, 3.63) is 131 Å². The van der Waals surface area contributed by atoms with Crippen LogP contribution in [0, 0.1) is 0 Å². The SMILES string of the molecule is CC1=C(c2ccccc2)c2ccc3ccccc3c2OC12C=Cc1c(ccc3ccccc13)O2. The monoisotopic (exact) mass is 438 g/mol. The van der Waals surface area contributed by atoms with Crippen LogP contribution in [0.25, 0.3) is 33.2 Å². The molecule has 0 amide bonds. The summed E-state index contributed by atoms with van der Waals surface area (Å²) >= 11 is 0. The van der Waals surface area contributed by atoms with Crippen molar-refractivity contribution in [3.8, 4) is 11.5 Å². The van der Waals surface area contributed by atoms with Crippen LogP contribution >= 0.6 is 0 Å². The van der Waals surface area contributed by atoms with Gasteiger partial charge in [-0.25, -0.2) is 0 Å². The average molecular weight is 439 g/mol. The molecule has 34 heavy (non-hydrogen) atoms. The van der Waals surface area contributed by atoms with Crippen LogP contribution in [-0.4, -0.2) is 5.79 Å². The minimum absolute atomic E-state index is 0.830. The summed E-state index contributed by atoms with van der Waals surface area (Å²) in [5.41, 5.74) is 5.53. The van der Waals surface area contributed by atoms with E-state index in [1.165, 1.54) is 10.8 Å². The summed E-state index contributed by atoms with van der Waals surface area (Å²) in [5.74, 6) is 0.672. The second-order valence-corrected chi connectivity index (χ2v) is 8.93. The van der Waals surface area contributed by atoms with Crippen LogP contribution in [0.3, 0.4) is 0 Å². The quantitative estimate of drug-likeness (QED) is 0.264. The molecule has 2 nitrogen and oxygen atoms in total.